The third-order valence-electron chi connectivity index (χ3n) is 5.34. The molecular weight excluding hydrogens is 362 g/mol. The Morgan fingerprint density at radius 2 is 1.73 bits per heavy atom. The van der Waals surface area contributed by atoms with E-state index in [1.54, 1.807) is 4.90 Å². The van der Waals surface area contributed by atoms with Crippen LogP contribution in [-0.4, -0.2) is 49.7 Å². The molecule has 0 atom stereocenters. The lowest BCUT2D eigenvalue weighted by Crippen LogP contribution is -2.50. The Labute approximate surface area is 153 Å². The number of piperazine rings is 1. The van der Waals surface area contributed by atoms with Gasteiger partial charge in [-0.3, -0.25) is 4.79 Å². The highest BCUT2D eigenvalue weighted by molar-refractivity contribution is 7.89. The van der Waals surface area contributed by atoms with Gasteiger partial charge < -0.3 is 4.90 Å². The van der Waals surface area contributed by atoms with E-state index in [4.69, 9.17) is 0 Å². The van der Waals surface area contributed by atoms with Gasteiger partial charge in [0.25, 0.3) is 0 Å². The van der Waals surface area contributed by atoms with Gasteiger partial charge in [0.15, 0.2) is 0 Å². The van der Waals surface area contributed by atoms with Gasteiger partial charge in [0.2, 0.25) is 15.9 Å². The summed E-state index contributed by atoms with van der Waals surface area (Å²) in [5, 5.41) is 0. The van der Waals surface area contributed by atoms with Crippen molar-refractivity contribution in [3.05, 3.63) is 29.8 Å². The first-order chi connectivity index (χ1) is 12.4. The van der Waals surface area contributed by atoms with Crippen LogP contribution in [0.5, 0.6) is 0 Å². The molecule has 1 aromatic carbocycles. The van der Waals surface area contributed by atoms with Crippen molar-refractivity contribution >= 4 is 15.9 Å². The van der Waals surface area contributed by atoms with E-state index in [0.29, 0.717) is 31.5 Å². The lowest BCUT2D eigenvalue weighted by molar-refractivity contribution is -0.132. The lowest BCUT2D eigenvalue weighted by Gasteiger charge is -2.34. The monoisotopic (exact) mass is 386 g/mol. The number of carbonyl (C=O) groups is 1. The average molecular weight is 386 g/mol. The summed E-state index contributed by atoms with van der Waals surface area (Å²) in [6, 6.07) is 2.44. The van der Waals surface area contributed by atoms with E-state index < -0.39 is 26.6 Å². The van der Waals surface area contributed by atoms with Gasteiger partial charge in [-0.25, -0.2) is 17.2 Å². The second kappa shape index (κ2) is 8.00. The maximum atomic E-state index is 13.8. The van der Waals surface area contributed by atoms with E-state index in [0.717, 1.165) is 22.9 Å². The molecule has 0 bridgehead atoms. The summed E-state index contributed by atoms with van der Waals surface area (Å²) >= 11 is 0. The molecule has 1 saturated carbocycles. The Kier molecular flexibility index (Phi) is 5.92. The summed E-state index contributed by atoms with van der Waals surface area (Å²) in [4.78, 5) is 13.5. The number of hydrogen-bond acceptors (Lipinski definition) is 3. The maximum Gasteiger partial charge on any atom is 0.246 e. The van der Waals surface area contributed by atoms with E-state index >= 15 is 0 Å². The Bertz CT molecular complexity index is 756. The van der Waals surface area contributed by atoms with E-state index in [1.807, 2.05) is 0 Å². The lowest BCUT2D eigenvalue weighted by atomic mass is 10.0. The summed E-state index contributed by atoms with van der Waals surface area (Å²) in [6.45, 7) is 0.833. The molecule has 0 aromatic heterocycles. The molecule has 1 aliphatic heterocycles. The number of sulfonamides is 1. The van der Waals surface area contributed by atoms with Gasteiger partial charge in [-0.15, -0.1) is 0 Å². The van der Waals surface area contributed by atoms with Crippen LogP contribution in [0.25, 0.3) is 0 Å². The predicted octanol–water partition coefficient (Wildman–Crippen LogP) is 2.77. The van der Waals surface area contributed by atoms with Crippen molar-refractivity contribution in [2.24, 2.45) is 5.92 Å². The fraction of sp³-hybridized carbons (Fsp3) is 0.611. The molecule has 1 amide bonds. The SMILES string of the molecule is O=C(CCC1CCCC1)N1CCN(S(=O)(=O)c2ccc(F)cc2F)CC1. The maximum absolute atomic E-state index is 13.8. The van der Waals surface area contributed by atoms with Crippen LogP contribution < -0.4 is 0 Å². The number of benzene rings is 1. The number of halogens is 2. The van der Waals surface area contributed by atoms with E-state index in [1.165, 1.54) is 25.7 Å². The minimum absolute atomic E-state index is 0.0573. The van der Waals surface area contributed by atoms with Crippen LogP contribution in [0, 0.1) is 17.6 Å². The van der Waals surface area contributed by atoms with Gasteiger partial charge in [0.1, 0.15) is 16.5 Å². The second-order valence-electron chi connectivity index (χ2n) is 7.05. The van der Waals surface area contributed by atoms with E-state index in [9.17, 15) is 22.0 Å². The molecule has 2 aliphatic rings. The van der Waals surface area contributed by atoms with Crippen molar-refractivity contribution in [2.45, 2.75) is 43.4 Å². The fourth-order valence-corrected chi connectivity index (χ4v) is 5.25. The first-order valence-electron chi connectivity index (χ1n) is 9.11. The Balaban J connectivity index is 1.56. The van der Waals surface area contributed by atoms with Gasteiger partial charge in [-0.2, -0.15) is 4.31 Å². The van der Waals surface area contributed by atoms with Crippen LogP contribution in [0.2, 0.25) is 0 Å². The quantitative estimate of drug-likeness (QED) is 0.782. The Hall–Kier alpha value is -1.54. The van der Waals surface area contributed by atoms with Crippen molar-refractivity contribution in [3.8, 4) is 0 Å². The summed E-state index contributed by atoms with van der Waals surface area (Å²) in [7, 11) is -4.03. The number of rotatable bonds is 5. The van der Waals surface area contributed by atoms with E-state index in [-0.39, 0.29) is 19.0 Å². The molecule has 0 unspecified atom stereocenters. The molecular formula is C18H24F2N2O3S. The molecule has 1 saturated heterocycles. The average Bonchev–Trinajstić information content (AvgIpc) is 3.13. The molecule has 1 aliphatic carbocycles. The second-order valence-corrected chi connectivity index (χ2v) is 8.96. The van der Waals surface area contributed by atoms with Crippen LogP contribution in [0.15, 0.2) is 23.1 Å². The van der Waals surface area contributed by atoms with Gasteiger partial charge in [0.05, 0.1) is 0 Å². The third-order valence-corrected chi connectivity index (χ3v) is 7.28. The molecule has 1 aromatic rings. The number of carbonyl (C=O) groups excluding carboxylic acids is 1. The summed E-state index contributed by atoms with van der Waals surface area (Å²) in [5.41, 5.74) is 0. The van der Waals surface area contributed by atoms with Gasteiger partial charge in [-0.05, 0) is 24.5 Å². The number of nitrogens with zero attached hydrogens (tertiary/aromatic N) is 2. The molecule has 144 valence electrons. The molecule has 8 heteroatoms. The standard InChI is InChI=1S/C18H24F2N2O3S/c19-15-6-7-17(16(20)13-15)26(24,25)22-11-9-21(10-12-22)18(23)8-5-14-3-1-2-4-14/h6-7,13-14H,1-5,8-12H2. The Morgan fingerprint density at radius 1 is 1.08 bits per heavy atom. The van der Waals surface area contributed by atoms with Gasteiger partial charge in [-0.1, -0.05) is 25.7 Å². The van der Waals surface area contributed by atoms with Crippen molar-refractivity contribution in [1.82, 2.24) is 9.21 Å². The topological polar surface area (TPSA) is 57.7 Å². The van der Waals surface area contributed by atoms with Crippen LogP contribution in [0.4, 0.5) is 8.78 Å². The van der Waals surface area contributed by atoms with Gasteiger partial charge >= 0.3 is 0 Å². The molecule has 26 heavy (non-hydrogen) atoms. The molecule has 0 spiro atoms. The number of hydrogen-bond donors (Lipinski definition) is 0. The Morgan fingerprint density at radius 3 is 2.35 bits per heavy atom. The summed E-state index contributed by atoms with van der Waals surface area (Å²) in [5.74, 6) is -1.22. The smallest absolute Gasteiger partial charge is 0.246 e. The predicted molar refractivity (Wildman–Crippen MR) is 92.9 cm³/mol. The normalized spacial score (nSPS) is 19.8. The van der Waals surface area contributed by atoms with Crippen molar-refractivity contribution in [2.75, 3.05) is 26.2 Å². The van der Waals surface area contributed by atoms with Crippen LogP contribution in [0.1, 0.15) is 38.5 Å². The highest BCUT2D eigenvalue weighted by Gasteiger charge is 2.32. The summed E-state index contributed by atoms with van der Waals surface area (Å²) in [6.07, 6.45) is 6.29. The fourth-order valence-electron chi connectivity index (χ4n) is 3.79. The zero-order chi connectivity index (χ0) is 18.7. The van der Waals surface area contributed by atoms with Crippen molar-refractivity contribution in [1.29, 1.82) is 0 Å². The van der Waals surface area contributed by atoms with Crippen LogP contribution in [-0.2, 0) is 14.8 Å². The number of amides is 1. The molecule has 0 N–H and O–H groups in total. The minimum atomic E-state index is -4.03. The van der Waals surface area contributed by atoms with Gasteiger partial charge in [0, 0.05) is 38.7 Å². The third kappa shape index (κ3) is 4.23. The zero-order valence-electron chi connectivity index (χ0n) is 14.7. The minimum Gasteiger partial charge on any atom is -0.340 e. The highest BCUT2D eigenvalue weighted by atomic mass is 32.2. The molecule has 1 heterocycles. The first-order valence-corrected chi connectivity index (χ1v) is 10.5. The van der Waals surface area contributed by atoms with E-state index in [2.05, 4.69) is 0 Å². The molecule has 3 rings (SSSR count). The molecule has 2 fully saturated rings. The van der Waals surface area contributed by atoms with Crippen molar-refractivity contribution < 1.29 is 22.0 Å². The molecule has 5 nitrogen and oxygen atoms in total. The highest BCUT2D eigenvalue weighted by Crippen LogP contribution is 2.29. The van der Waals surface area contributed by atoms with Crippen molar-refractivity contribution in [3.63, 3.8) is 0 Å². The zero-order valence-corrected chi connectivity index (χ0v) is 15.5. The first kappa shape index (κ1) is 19.2. The largest absolute Gasteiger partial charge is 0.340 e. The summed E-state index contributed by atoms with van der Waals surface area (Å²) < 4.78 is 53.1. The van der Waals surface area contributed by atoms with Crippen LogP contribution in [0.3, 0.4) is 0 Å². The van der Waals surface area contributed by atoms with Crippen LogP contribution >= 0.6 is 0 Å². The molecule has 0 radical (unpaired) electrons.